The van der Waals surface area contributed by atoms with Crippen LogP contribution in [0.2, 0.25) is 5.02 Å². The van der Waals surface area contributed by atoms with Gasteiger partial charge in [0.1, 0.15) is 12.4 Å². The molecular formula is C21H17BrClFN2O3S. The highest BCUT2D eigenvalue weighted by Gasteiger charge is 2.27. The molecule has 0 radical (unpaired) electrons. The summed E-state index contributed by atoms with van der Waals surface area (Å²) in [6, 6.07) is 16.5. The smallest absolute Gasteiger partial charge is 0.264 e. The number of halogens is 3. The minimum Gasteiger partial charge on any atom is -0.322 e. The van der Waals surface area contributed by atoms with Crippen LogP contribution in [0.1, 0.15) is 5.56 Å². The van der Waals surface area contributed by atoms with Crippen molar-refractivity contribution in [1.82, 2.24) is 0 Å². The van der Waals surface area contributed by atoms with Crippen molar-refractivity contribution in [3.8, 4) is 0 Å². The Kier molecular flexibility index (Phi) is 6.80. The summed E-state index contributed by atoms with van der Waals surface area (Å²) < 4.78 is 42.1. The van der Waals surface area contributed by atoms with E-state index in [4.69, 9.17) is 11.6 Å². The standard InChI is InChI=1S/C21H17BrClFN2O3S/c1-14-2-9-18(10-3-14)30(28,29)26(17-7-5-16(23)6-8-17)13-21(27)25-20-11-4-15(22)12-19(20)24/h2-12H,13H2,1H3,(H,25,27). The number of rotatable bonds is 6. The molecule has 0 spiro atoms. The predicted octanol–water partition coefficient (Wildman–Crippen LogP) is 5.38. The maximum Gasteiger partial charge on any atom is 0.264 e. The molecular weight excluding hydrogens is 495 g/mol. The summed E-state index contributed by atoms with van der Waals surface area (Å²) >= 11 is 9.06. The van der Waals surface area contributed by atoms with Crippen LogP contribution >= 0.6 is 27.5 Å². The van der Waals surface area contributed by atoms with Gasteiger partial charge in [-0.1, -0.05) is 45.2 Å². The van der Waals surface area contributed by atoms with Crippen molar-refractivity contribution in [3.05, 3.63) is 87.6 Å². The van der Waals surface area contributed by atoms with Gasteiger partial charge in [-0.05, 0) is 61.5 Å². The molecule has 0 aliphatic heterocycles. The molecule has 30 heavy (non-hydrogen) atoms. The highest BCUT2D eigenvalue weighted by molar-refractivity contribution is 9.10. The zero-order valence-corrected chi connectivity index (χ0v) is 18.9. The summed E-state index contributed by atoms with van der Waals surface area (Å²) in [6.07, 6.45) is 0. The van der Waals surface area contributed by atoms with E-state index in [-0.39, 0.29) is 16.3 Å². The first-order chi connectivity index (χ1) is 14.2. The molecule has 0 fully saturated rings. The summed E-state index contributed by atoms with van der Waals surface area (Å²) in [5, 5.41) is 2.84. The van der Waals surface area contributed by atoms with Crippen molar-refractivity contribution in [1.29, 1.82) is 0 Å². The summed E-state index contributed by atoms with van der Waals surface area (Å²) in [5.74, 6) is -1.33. The van der Waals surface area contributed by atoms with Gasteiger partial charge in [-0.3, -0.25) is 9.10 Å². The topological polar surface area (TPSA) is 66.5 Å². The molecule has 0 aliphatic rings. The third kappa shape index (κ3) is 5.19. The van der Waals surface area contributed by atoms with Crippen molar-refractivity contribution >= 4 is 54.8 Å². The molecule has 0 bridgehead atoms. The summed E-state index contributed by atoms with van der Waals surface area (Å²) in [7, 11) is -4.06. The number of sulfonamides is 1. The van der Waals surface area contributed by atoms with Crippen LogP contribution in [-0.4, -0.2) is 20.9 Å². The number of carbonyl (C=O) groups is 1. The maximum atomic E-state index is 14.1. The fourth-order valence-electron chi connectivity index (χ4n) is 2.67. The number of nitrogens with zero attached hydrogens (tertiary/aromatic N) is 1. The fourth-order valence-corrected chi connectivity index (χ4v) is 4.55. The van der Waals surface area contributed by atoms with Gasteiger partial charge in [0.15, 0.2) is 0 Å². The van der Waals surface area contributed by atoms with E-state index in [0.29, 0.717) is 9.50 Å². The fraction of sp³-hybridized carbons (Fsp3) is 0.0952. The number of hydrogen-bond acceptors (Lipinski definition) is 3. The minimum absolute atomic E-state index is 0.0330. The van der Waals surface area contributed by atoms with Crippen LogP contribution < -0.4 is 9.62 Å². The monoisotopic (exact) mass is 510 g/mol. The Morgan fingerprint density at radius 2 is 1.70 bits per heavy atom. The van der Waals surface area contributed by atoms with Gasteiger partial charge in [0, 0.05) is 9.50 Å². The van der Waals surface area contributed by atoms with Gasteiger partial charge in [0.25, 0.3) is 10.0 Å². The van der Waals surface area contributed by atoms with Crippen molar-refractivity contribution in [2.45, 2.75) is 11.8 Å². The largest absolute Gasteiger partial charge is 0.322 e. The number of carbonyl (C=O) groups excluding carboxylic acids is 1. The molecule has 0 atom stereocenters. The van der Waals surface area contributed by atoms with Crippen LogP contribution in [-0.2, 0) is 14.8 Å². The molecule has 0 unspecified atom stereocenters. The number of anilines is 2. The SMILES string of the molecule is Cc1ccc(S(=O)(=O)N(CC(=O)Nc2ccc(Br)cc2F)c2ccc(Cl)cc2)cc1. The van der Waals surface area contributed by atoms with Crippen LogP contribution in [0.15, 0.2) is 76.1 Å². The molecule has 0 saturated carbocycles. The van der Waals surface area contributed by atoms with Gasteiger partial charge in [0.2, 0.25) is 5.91 Å². The Labute approximate surface area is 187 Å². The summed E-state index contributed by atoms with van der Waals surface area (Å²) in [5.41, 5.74) is 1.11. The van der Waals surface area contributed by atoms with Gasteiger partial charge in [0.05, 0.1) is 16.3 Å². The molecule has 0 saturated heterocycles. The van der Waals surface area contributed by atoms with E-state index >= 15 is 0 Å². The molecule has 0 heterocycles. The lowest BCUT2D eigenvalue weighted by Crippen LogP contribution is -2.38. The summed E-state index contributed by atoms with van der Waals surface area (Å²) in [4.78, 5) is 12.6. The van der Waals surface area contributed by atoms with Crippen molar-refractivity contribution in [2.24, 2.45) is 0 Å². The van der Waals surface area contributed by atoms with Crippen LogP contribution in [0.3, 0.4) is 0 Å². The lowest BCUT2D eigenvalue weighted by Gasteiger charge is -2.24. The molecule has 0 aromatic heterocycles. The Morgan fingerprint density at radius 1 is 1.07 bits per heavy atom. The third-order valence-electron chi connectivity index (χ3n) is 4.22. The Balaban J connectivity index is 1.94. The van der Waals surface area contributed by atoms with E-state index < -0.39 is 28.3 Å². The van der Waals surface area contributed by atoms with Gasteiger partial charge in [-0.2, -0.15) is 0 Å². The predicted molar refractivity (Wildman–Crippen MR) is 120 cm³/mol. The average Bonchev–Trinajstić information content (AvgIpc) is 2.69. The number of benzene rings is 3. The first kappa shape index (κ1) is 22.3. The first-order valence-electron chi connectivity index (χ1n) is 8.77. The number of hydrogen-bond donors (Lipinski definition) is 1. The zero-order chi connectivity index (χ0) is 21.9. The van der Waals surface area contributed by atoms with Crippen LogP contribution in [0.25, 0.3) is 0 Å². The molecule has 3 rings (SSSR count). The van der Waals surface area contributed by atoms with Gasteiger partial charge < -0.3 is 5.32 Å². The van der Waals surface area contributed by atoms with Gasteiger partial charge >= 0.3 is 0 Å². The molecule has 9 heteroatoms. The molecule has 1 amide bonds. The van der Waals surface area contributed by atoms with E-state index in [1.165, 1.54) is 48.5 Å². The minimum atomic E-state index is -4.06. The van der Waals surface area contributed by atoms with Crippen molar-refractivity contribution in [3.63, 3.8) is 0 Å². The van der Waals surface area contributed by atoms with Crippen molar-refractivity contribution < 1.29 is 17.6 Å². The van der Waals surface area contributed by atoms with Crippen LogP contribution in [0, 0.1) is 12.7 Å². The van der Waals surface area contributed by atoms with Gasteiger partial charge in [-0.25, -0.2) is 12.8 Å². The van der Waals surface area contributed by atoms with Crippen LogP contribution in [0.5, 0.6) is 0 Å². The van der Waals surface area contributed by atoms with E-state index in [0.717, 1.165) is 9.87 Å². The number of amides is 1. The molecule has 1 N–H and O–H groups in total. The number of nitrogens with one attached hydrogen (secondary N) is 1. The maximum absolute atomic E-state index is 14.1. The van der Waals surface area contributed by atoms with E-state index in [1.807, 2.05) is 6.92 Å². The molecule has 156 valence electrons. The van der Waals surface area contributed by atoms with E-state index in [9.17, 15) is 17.6 Å². The number of aryl methyl sites for hydroxylation is 1. The van der Waals surface area contributed by atoms with Crippen LogP contribution in [0.4, 0.5) is 15.8 Å². The zero-order valence-electron chi connectivity index (χ0n) is 15.8. The molecule has 3 aromatic rings. The summed E-state index contributed by atoms with van der Waals surface area (Å²) in [6.45, 7) is 1.29. The second-order valence-electron chi connectivity index (χ2n) is 6.47. The quantitative estimate of drug-likeness (QED) is 0.483. The Hall–Kier alpha value is -2.42. The lowest BCUT2D eigenvalue weighted by molar-refractivity contribution is -0.114. The average molecular weight is 512 g/mol. The van der Waals surface area contributed by atoms with E-state index in [2.05, 4.69) is 21.2 Å². The molecule has 0 aliphatic carbocycles. The van der Waals surface area contributed by atoms with Crippen molar-refractivity contribution in [2.75, 3.05) is 16.2 Å². The highest BCUT2D eigenvalue weighted by Crippen LogP contribution is 2.26. The Morgan fingerprint density at radius 3 is 2.30 bits per heavy atom. The third-order valence-corrected chi connectivity index (χ3v) is 6.75. The molecule has 5 nitrogen and oxygen atoms in total. The highest BCUT2D eigenvalue weighted by atomic mass is 79.9. The second-order valence-corrected chi connectivity index (χ2v) is 9.69. The second kappa shape index (κ2) is 9.16. The molecule has 3 aromatic carbocycles. The van der Waals surface area contributed by atoms with E-state index in [1.54, 1.807) is 18.2 Å². The normalized spacial score (nSPS) is 11.2. The Bertz CT molecular complexity index is 1170. The van der Waals surface area contributed by atoms with Gasteiger partial charge in [-0.15, -0.1) is 0 Å². The first-order valence-corrected chi connectivity index (χ1v) is 11.4. The lowest BCUT2D eigenvalue weighted by atomic mass is 10.2.